The van der Waals surface area contributed by atoms with Crippen molar-refractivity contribution in [3.05, 3.63) is 57.0 Å². The average molecular weight is 425 g/mol. The molecule has 2 rings (SSSR count). The van der Waals surface area contributed by atoms with E-state index in [1.54, 1.807) is 6.07 Å². The average Bonchev–Trinajstić information content (AvgIpc) is 2.40. The van der Waals surface area contributed by atoms with Crippen LogP contribution in [0.15, 0.2) is 51.4 Å². The zero-order valence-electron chi connectivity index (χ0n) is 10.5. The van der Waals surface area contributed by atoms with Crippen LogP contribution in [0.1, 0.15) is 5.56 Å². The fraction of sp³-hybridized carbons (Fsp3) is 0.143. The molecule has 21 heavy (non-hydrogen) atoms. The smallest absolute Gasteiger partial charge is 0.404 e. The van der Waals surface area contributed by atoms with Gasteiger partial charge in [-0.1, -0.05) is 18.2 Å². The molecule has 0 aliphatic rings. The number of anilines is 1. The molecule has 0 bridgehead atoms. The Kier molecular flexibility index (Phi) is 5.16. The SMILES string of the molecule is FC(F)(F)Oc1ccccc1NCc1ccc(Br)c(Br)c1. The molecule has 2 nitrogen and oxygen atoms in total. The quantitative estimate of drug-likeness (QED) is 0.677. The van der Waals surface area contributed by atoms with Gasteiger partial charge in [0, 0.05) is 15.5 Å². The summed E-state index contributed by atoms with van der Waals surface area (Å²) in [5.41, 5.74) is 1.21. The summed E-state index contributed by atoms with van der Waals surface area (Å²) >= 11 is 6.74. The molecule has 0 saturated carbocycles. The van der Waals surface area contributed by atoms with Crippen LogP contribution < -0.4 is 10.1 Å². The van der Waals surface area contributed by atoms with Crippen LogP contribution in [0.25, 0.3) is 0 Å². The molecule has 2 aromatic rings. The number of hydrogen-bond acceptors (Lipinski definition) is 2. The molecule has 0 saturated heterocycles. The zero-order valence-corrected chi connectivity index (χ0v) is 13.7. The van der Waals surface area contributed by atoms with E-state index in [1.807, 2.05) is 18.2 Å². The summed E-state index contributed by atoms with van der Waals surface area (Å²) in [4.78, 5) is 0. The van der Waals surface area contributed by atoms with E-state index in [0.29, 0.717) is 6.54 Å². The first-order valence-electron chi connectivity index (χ1n) is 5.88. The molecule has 2 aromatic carbocycles. The summed E-state index contributed by atoms with van der Waals surface area (Å²) in [5.74, 6) is -0.249. The maximum Gasteiger partial charge on any atom is 0.573 e. The zero-order chi connectivity index (χ0) is 15.5. The molecular formula is C14H10Br2F3NO. The lowest BCUT2D eigenvalue weighted by molar-refractivity contribution is -0.274. The first-order valence-corrected chi connectivity index (χ1v) is 7.46. The lowest BCUT2D eigenvalue weighted by Gasteiger charge is -2.14. The van der Waals surface area contributed by atoms with E-state index in [-0.39, 0.29) is 11.4 Å². The Labute approximate surface area is 136 Å². The van der Waals surface area contributed by atoms with Gasteiger partial charge in [-0.25, -0.2) is 0 Å². The number of rotatable bonds is 4. The molecule has 0 spiro atoms. The van der Waals surface area contributed by atoms with Gasteiger partial charge in [0.2, 0.25) is 0 Å². The maximum atomic E-state index is 12.3. The minimum atomic E-state index is -4.71. The minimum Gasteiger partial charge on any atom is -0.404 e. The van der Waals surface area contributed by atoms with Crippen LogP contribution in [-0.2, 0) is 6.54 Å². The van der Waals surface area contributed by atoms with Gasteiger partial charge in [-0.05, 0) is 61.7 Å². The summed E-state index contributed by atoms with van der Waals surface area (Å²) in [6, 6.07) is 11.5. The standard InChI is InChI=1S/C14H10Br2F3NO/c15-10-6-5-9(7-11(10)16)8-20-12-3-1-2-4-13(12)21-14(17,18)19/h1-7,20H,8H2. The van der Waals surface area contributed by atoms with Crippen molar-refractivity contribution >= 4 is 37.5 Å². The Balaban J connectivity index is 2.11. The second-order valence-corrected chi connectivity index (χ2v) is 5.85. The molecule has 0 fully saturated rings. The molecule has 0 amide bonds. The minimum absolute atomic E-state index is 0.249. The summed E-state index contributed by atoms with van der Waals surface area (Å²) in [6.45, 7) is 0.379. The summed E-state index contributed by atoms with van der Waals surface area (Å²) in [5, 5.41) is 2.94. The Hall–Kier alpha value is -1.21. The predicted molar refractivity (Wildman–Crippen MR) is 82.3 cm³/mol. The van der Waals surface area contributed by atoms with E-state index in [9.17, 15) is 13.2 Å². The predicted octanol–water partition coefficient (Wildman–Crippen LogP) is 5.72. The van der Waals surface area contributed by atoms with Crippen molar-refractivity contribution in [2.45, 2.75) is 12.9 Å². The van der Waals surface area contributed by atoms with Gasteiger partial charge in [0.1, 0.15) is 0 Å². The maximum absolute atomic E-state index is 12.3. The number of hydrogen-bond donors (Lipinski definition) is 1. The molecule has 0 atom stereocenters. The number of ether oxygens (including phenoxy) is 1. The Morgan fingerprint density at radius 1 is 1.00 bits per heavy atom. The number of benzene rings is 2. The van der Waals surface area contributed by atoms with Crippen molar-refractivity contribution in [3.63, 3.8) is 0 Å². The Morgan fingerprint density at radius 3 is 2.38 bits per heavy atom. The van der Waals surface area contributed by atoms with Crippen molar-refractivity contribution < 1.29 is 17.9 Å². The lowest BCUT2D eigenvalue weighted by atomic mass is 10.2. The van der Waals surface area contributed by atoms with Gasteiger partial charge in [-0.2, -0.15) is 0 Å². The van der Waals surface area contributed by atoms with Crippen LogP contribution in [0.2, 0.25) is 0 Å². The van der Waals surface area contributed by atoms with Crippen LogP contribution >= 0.6 is 31.9 Å². The molecule has 0 aliphatic carbocycles. The third kappa shape index (κ3) is 4.93. The van der Waals surface area contributed by atoms with Crippen LogP contribution in [-0.4, -0.2) is 6.36 Å². The van der Waals surface area contributed by atoms with Gasteiger partial charge in [0.15, 0.2) is 5.75 Å². The second-order valence-electron chi connectivity index (χ2n) is 4.15. The van der Waals surface area contributed by atoms with Crippen molar-refractivity contribution in [2.75, 3.05) is 5.32 Å². The number of para-hydroxylation sites is 2. The monoisotopic (exact) mass is 423 g/mol. The van der Waals surface area contributed by atoms with E-state index >= 15 is 0 Å². The van der Waals surface area contributed by atoms with E-state index < -0.39 is 6.36 Å². The molecular weight excluding hydrogens is 415 g/mol. The third-order valence-electron chi connectivity index (χ3n) is 2.58. The highest BCUT2D eigenvalue weighted by molar-refractivity contribution is 9.13. The molecule has 0 unspecified atom stereocenters. The largest absolute Gasteiger partial charge is 0.573 e. The fourth-order valence-electron chi connectivity index (χ4n) is 1.67. The Bertz CT molecular complexity index is 632. The van der Waals surface area contributed by atoms with E-state index in [1.165, 1.54) is 18.2 Å². The summed E-state index contributed by atoms with van der Waals surface area (Å²) in [7, 11) is 0. The first-order chi connectivity index (χ1) is 9.85. The topological polar surface area (TPSA) is 21.3 Å². The molecule has 1 N–H and O–H groups in total. The van der Waals surface area contributed by atoms with Crippen LogP contribution in [0.4, 0.5) is 18.9 Å². The van der Waals surface area contributed by atoms with Crippen molar-refractivity contribution in [1.29, 1.82) is 0 Å². The summed E-state index contributed by atoms with van der Waals surface area (Å²) < 4.78 is 42.7. The van der Waals surface area contributed by atoms with E-state index in [0.717, 1.165) is 14.5 Å². The molecule has 7 heteroatoms. The van der Waals surface area contributed by atoms with Gasteiger partial charge in [0.05, 0.1) is 5.69 Å². The van der Waals surface area contributed by atoms with E-state index in [4.69, 9.17) is 0 Å². The highest BCUT2D eigenvalue weighted by Gasteiger charge is 2.32. The normalized spacial score (nSPS) is 11.3. The number of halogens is 5. The van der Waals surface area contributed by atoms with Crippen molar-refractivity contribution in [1.82, 2.24) is 0 Å². The lowest BCUT2D eigenvalue weighted by Crippen LogP contribution is -2.18. The van der Waals surface area contributed by atoms with Crippen LogP contribution in [0, 0.1) is 0 Å². The summed E-state index contributed by atoms with van der Waals surface area (Å²) in [6.07, 6.45) is -4.71. The van der Waals surface area contributed by atoms with Gasteiger partial charge in [-0.15, -0.1) is 13.2 Å². The molecule has 112 valence electrons. The highest BCUT2D eigenvalue weighted by atomic mass is 79.9. The van der Waals surface area contributed by atoms with Crippen molar-refractivity contribution in [3.8, 4) is 5.75 Å². The molecule has 0 aromatic heterocycles. The van der Waals surface area contributed by atoms with Gasteiger partial charge >= 0.3 is 6.36 Å². The third-order valence-corrected chi connectivity index (χ3v) is 4.46. The van der Waals surface area contributed by atoms with Crippen LogP contribution in [0.5, 0.6) is 5.75 Å². The van der Waals surface area contributed by atoms with Gasteiger partial charge < -0.3 is 10.1 Å². The fourth-order valence-corrected chi connectivity index (χ4v) is 2.35. The van der Waals surface area contributed by atoms with Gasteiger partial charge in [0.25, 0.3) is 0 Å². The molecule has 0 radical (unpaired) electrons. The highest BCUT2D eigenvalue weighted by Crippen LogP contribution is 2.30. The Morgan fingerprint density at radius 2 is 1.71 bits per heavy atom. The number of alkyl halides is 3. The van der Waals surface area contributed by atoms with E-state index in [2.05, 4.69) is 41.9 Å². The molecule has 0 aliphatic heterocycles. The van der Waals surface area contributed by atoms with Crippen LogP contribution in [0.3, 0.4) is 0 Å². The van der Waals surface area contributed by atoms with Crippen molar-refractivity contribution in [2.24, 2.45) is 0 Å². The first kappa shape index (κ1) is 16.2. The molecule has 0 heterocycles. The second kappa shape index (κ2) is 6.70. The van der Waals surface area contributed by atoms with Gasteiger partial charge in [-0.3, -0.25) is 0 Å². The number of nitrogens with one attached hydrogen (secondary N) is 1.